The van der Waals surface area contributed by atoms with E-state index in [2.05, 4.69) is 19.1 Å². The van der Waals surface area contributed by atoms with Gasteiger partial charge in [0, 0.05) is 6.42 Å². The molecule has 1 saturated heterocycles. The molecule has 116 valence electrons. The van der Waals surface area contributed by atoms with Crippen LogP contribution in [-0.4, -0.2) is 12.1 Å². The van der Waals surface area contributed by atoms with Gasteiger partial charge in [0.25, 0.3) is 0 Å². The van der Waals surface area contributed by atoms with Crippen molar-refractivity contribution in [2.24, 2.45) is 0 Å². The van der Waals surface area contributed by atoms with Gasteiger partial charge in [-0.25, -0.2) is 0 Å². The first-order valence-corrected chi connectivity index (χ1v) is 8.69. The largest absolute Gasteiger partial charge is 0.458 e. The van der Waals surface area contributed by atoms with Crippen LogP contribution in [0.1, 0.15) is 90.4 Å². The molecule has 2 nitrogen and oxygen atoms in total. The maximum atomic E-state index is 11.6. The summed E-state index contributed by atoms with van der Waals surface area (Å²) in [6, 6.07) is 0. The van der Waals surface area contributed by atoms with Gasteiger partial charge in [-0.3, -0.25) is 4.79 Å². The van der Waals surface area contributed by atoms with Crippen LogP contribution in [0.4, 0.5) is 0 Å². The number of carbonyl (C=O) groups excluding carboxylic acids is 1. The van der Waals surface area contributed by atoms with E-state index in [1.54, 1.807) is 0 Å². The van der Waals surface area contributed by atoms with Gasteiger partial charge in [-0.1, -0.05) is 57.9 Å². The summed E-state index contributed by atoms with van der Waals surface area (Å²) in [5.41, 5.74) is 0. The number of cyclic esters (lactones) is 1. The summed E-state index contributed by atoms with van der Waals surface area (Å²) < 4.78 is 5.51. The zero-order valence-corrected chi connectivity index (χ0v) is 13.2. The van der Waals surface area contributed by atoms with Crippen LogP contribution in [-0.2, 0) is 9.53 Å². The van der Waals surface area contributed by atoms with Crippen molar-refractivity contribution in [1.82, 2.24) is 0 Å². The van der Waals surface area contributed by atoms with Gasteiger partial charge in [-0.2, -0.15) is 0 Å². The van der Waals surface area contributed by atoms with Crippen molar-refractivity contribution in [2.75, 3.05) is 0 Å². The van der Waals surface area contributed by atoms with Crippen LogP contribution in [0.2, 0.25) is 0 Å². The summed E-state index contributed by atoms with van der Waals surface area (Å²) in [6.07, 6.45) is 19.7. The molecule has 1 aliphatic rings. The Hall–Kier alpha value is -0.790. The van der Waals surface area contributed by atoms with E-state index in [-0.39, 0.29) is 12.1 Å². The predicted octanol–water partition coefficient (Wildman–Crippen LogP) is 5.56. The number of allylic oxidation sites excluding steroid dienone is 1. The Balaban J connectivity index is 2.13. The Kier molecular flexibility index (Phi) is 10.3. The van der Waals surface area contributed by atoms with Crippen LogP contribution < -0.4 is 0 Å². The maximum Gasteiger partial charge on any atom is 0.306 e. The number of unbranched alkanes of at least 4 members (excludes halogenated alkanes) is 6. The molecule has 1 aliphatic heterocycles. The second kappa shape index (κ2) is 12.0. The van der Waals surface area contributed by atoms with Gasteiger partial charge in [0.15, 0.2) is 0 Å². The van der Waals surface area contributed by atoms with E-state index < -0.39 is 0 Å². The molecular weight excluding hydrogens is 248 g/mol. The number of esters is 1. The third-order valence-electron chi connectivity index (χ3n) is 3.98. The molecule has 1 heterocycles. The highest BCUT2D eigenvalue weighted by Gasteiger charge is 2.13. The van der Waals surface area contributed by atoms with Crippen LogP contribution in [0, 0.1) is 0 Å². The standard InChI is InChI=1S/C18H32O2/c1-2-3-4-5-6-7-8-11-14-17-15-12-9-10-13-16-18(19)20-17/h11,14,17H,2-10,12-13,15-16H2,1H3/b14-11+/t17-/m0/s1. The number of carbonyl (C=O) groups is 1. The first-order valence-electron chi connectivity index (χ1n) is 8.69. The third-order valence-corrected chi connectivity index (χ3v) is 3.98. The lowest BCUT2D eigenvalue weighted by Crippen LogP contribution is -2.15. The highest BCUT2D eigenvalue weighted by molar-refractivity contribution is 5.69. The van der Waals surface area contributed by atoms with Gasteiger partial charge in [-0.15, -0.1) is 0 Å². The van der Waals surface area contributed by atoms with E-state index in [1.807, 2.05) is 0 Å². The molecular formula is C18H32O2. The predicted molar refractivity (Wildman–Crippen MR) is 84.7 cm³/mol. The second-order valence-electron chi connectivity index (χ2n) is 5.97. The fourth-order valence-electron chi connectivity index (χ4n) is 2.68. The van der Waals surface area contributed by atoms with Crippen molar-refractivity contribution in [3.63, 3.8) is 0 Å². The van der Waals surface area contributed by atoms with E-state index >= 15 is 0 Å². The Morgan fingerprint density at radius 2 is 1.80 bits per heavy atom. The second-order valence-corrected chi connectivity index (χ2v) is 5.97. The molecule has 0 aromatic rings. The van der Waals surface area contributed by atoms with E-state index in [4.69, 9.17) is 4.74 Å². The Morgan fingerprint density at radius 3 is 2.65 bits per heavy atom. The van der Waals surface area contributed by atoms with Crippen LogP contribution in [0.25, 0.3) is 0 Å². The lowest BCUT2D eigenvalue weighted by atomic mass is 10.1. The first-order chi connectivity index (χ1) is 9.83. The van der Waals surface area contributed by atoms with Gasteiger partial charge >= 0.3 is 5.97 Å². The zero-order valence-electron chi connectivity index (χ0n) is 13.2. The van der Waals surface area contributed by atoms with Crippen LogP contribution in [0.5, 0.6) is 0 Å². The molecule has 0 aliphatic carbocycles. The highest BCUT2D eigenvalue weighted by Crippen LogP contribution is 2.16. The molecule has 2 heteroatoms. The minimum absolute atomic E-state index is 0.0129. The summed E-state index contributed by atoms with van der Waals surface area (Å²) in [4.78, 5) is 11.6. The molecule has 0 radical (unpaired) electrons. The molecule has 20 heavy (non-hydrogen) atoms. The molecule has 0 bridgehead atoms. The lowest BCUT2D eigenvalue weighted by molar-refractivity contribution is -0.147. The van der Waals surface area contributed by atoms with Crippen molar-refractivity contribution in [3.8, 4) is 0 Å². The van der Waals surface area contributed by atoms with E-state index in [1.165, 1.54) is 57.8 Å². The SMILES string of the molecule is CCCCCCCC/C=C/[C@H]1CCCCCCC(=O)O1. The lowest BCUT2D eigenvalue weighted by Gasteiger charge is -2.12. The van der Waals surface area contributed by atoms with Crippen molar-refractivity contribution < 1.29 is 9.53 Å². The normalized spacial score (nSPS) is 21.2. The summed E-state index contributed by atoms with van der Waals surface area (Å²) in [7, 11) is 0. The molecule has 0 spiro atoms. The quantitative estimate of drug-likeness (QED) is 0.330. The third kappa shape index (κ3) is 9.17. The molecule has 0 saturated carbocycles. The molecule has 0 N–H and O–H groups in total. The first kappa shape index (κ1) is 17.3. The van der Waals surface area contributed by atoms with Crippen LogP contribution >= 0.6 is 0 Å². The monoisotopic (exact) mass is 280 g/mol. The Morgan fingerprint density at radius 1 is 1.05 bits per heavy atom. The number of rotatable bonds is 8. The molecule has 0 aromatic carbocycles. The summed E-state index contributed by atoms with van der Waals surface area (Å²) in [5, 5.41) is 0. The molecule has 0 unspecified atom stereocenters. The average Bonchev–Trinajstić information content (AvgIpc) is 2.54. The fraction of sp³-hybridized carbons (Fsp3) is 0.833. The Labute approximate surface area is 125 Å². The molecule has 0 amide bonds. The topological polar surface area (TPSA) is 26.3 Å². The molecule has 1 fully saturated rings. The van der Waals surface area contributed by atoms with E-state index in [0.717, 1.165) is 19.3 Å². The van der Waals surface area contributed by atoms with Crippen LogP contribution in [0.15, 0.2) is 12.2 Å². The van der Waals surface area contributed by atoms with E-state index in [9.17, 15) is 4.79 Å². The smallest absolute Gasteiger partial charge is 0.306 e. The Bertz CT molecular complexity index is 271. The summed E-state index contributed by atoms with van der Waals surface area (Å²) >= 11 is 0. The van der Waals surface area contributed by atoms with Crippen molar-refractivity contribution >= 4 is 5.97 Å². The minimum Gasteiger partial charge on any atom is -0.458 e. The van der Waals surface area contributed by atoms with Crippen molar-refractivity contribution in [2.45, 2.75) is 96.5 Å². The summed E-state index contributed by atoms with van der Waals surface area (Å²) in [6.45, 7) is 2.25. The van der Waals surface area contributed by atoms with Gasteiger partial charge in [-0.05, 0) is 38.2 Å². The average molecular weight is 280 g/mol. The van der Waals surface area contributed by atoms with Gasteiger partial charge in [0.2, 0.25) is 0 Å². The van der Waals surface area contributed by atoms with Crippen molar-refractivity contribution in [1.29, 1.82) is 0 Å². The van der Waals surface area contributed by atoms with E-state index in [0.29, 0.717) is 6.42 Å². The summed E-state index contributed by atoms with van der Waals surface area (Å²) in [5.74, 6) is -0.0129. The maximum absolute atomic E-state index is 11.6. The molecule has 1 rings (SSSR count). The van der Waals surface area contributed by atoms with Gasteiger partial charge < -0.3 is 4.74 Å². The minimum atomic E-state index is -0.0129. The molecule has 1 atom stereocenters. The number of ether oxygens (including phenoxy) is 1. The number of hydrogen-bond donors (Lipinski definition) is 0. The zero-order chi connectivity index (χ0) is 14.5. The number of hydrogen-bond acceptors (Lipinski definition) is 2. The fourth-order valence-corrected chi connectivity index (χ4v) is 2.68. The molecule has 0 aromatic heterocycles. The van der Waals surface area contributed by atoms with Crippen LogP contribution in [0.3, 0.4) is 0 Å². The van der Waals surface area contributed by atoms with Gasteiger partial charge in [0.05, 0.1) is 0 Å². The van der Waals surface area contributed by atoms with Gasteiger partial charge in [0.1, 0.15) is 6.10 Å². The highest BCUT2D eigenvalue weighted by atomic mass is 16.5. The van der Waals surface area contributed by atoms with Crippen molar-refractivity contribution in [3.05, 3.63) is 12.2 Å².